The van der Waals surface area contributed by atoms with E-state index in [1.165, 1.54) is 4.90 Å². The zero-order chi connectivity index (χ0) is 30.3. The van der Waals surface area contributed by atoms with Gasteiger partial charge in [0.05, 0.1) is 36.1 Å². The van der Waals surface area contributed by atoms with Crippen molar-refractivity contribution in [3.63, 3.8) is 0 Å². The van der Waals surface area contributed by atoms with Crippen molar-refractivity contribution in [3.8, 4) is 22.4 Å². The third kappa shape index (κ3) is 8.49. The number of aliphatic hydroxyl groups is 1. The summed E-state index contributed by atoms with van der Waals surface area (Å²) in [5.41, 5.74) is 5.88. The number of aromatic amines is 1. The Balaban J connectivity index is 1.44. The Kier molecular flexibility index (Phi) is 10.9. The Morgan fingerprint density at radius 3 is 2.29 bits per heavy atom. The van der Waals surface area contributed by atoms with Crippen molar-refractivity contribution in [2.24, 2.45) is 0 Å². The van der Waals surface area contributed by atoms with Gasteiger partial charge in [-0.2, -0.15) is 0 Å². The minimum Gasteiger partial charge on any atom is -0.465 e. The molecule has 2 heterocycles. The Hall–Kier alpha value is -3.06. The molecule has 2 aromatic heterocycles. The number of halogens is 1. The molecule has 12 heteroatoms. The van der Waals surface area contributed by atoms with Gasteiger partial charge in [-0.25, -0.2) is 9.78 Å². The highest BCUT2D eigenvalue weighted by molar-refractivity contribution is 7.71. The van der Waals surface area contributed by atoms with Crippen molar-refractivity contribution in [1.82, 2.24) is 19.4 Å². The van der Waals surface area contributed by atoms with Crippen LogP contribution in [0.3, 0.4) is 0 Å². The maximum atomic E-state index is 11.6. The van der Waals surface area contributed by atoms with Crippen LogP contribution in [0.4, 0.5) is 4.79 Å². The number of rotatable bonds is 14. The van der Waals surface area contributed by atoms with Gasteiger partial charge in [-0.1, -0.05) is 79.8 Å². The van der Waals surface area contributed by atoms with Crippen molar-refractivity contribution in [3.05, 3.63) is 70.0 Å². The van der Waals surface area contributed by atoms with E-state index in [0.29, 0.717) is 34.5 Å². The molecule has 0 saturated heterocycles. The number of aromatic nitrogens is 3. The number of nitrogens with zero attached hydrogens (tertiary/aromatic N) is 3. The summed E-state index contributed by atoms with van der Waals surface area (Å²) in [6.45, 7) is 8.81. The fraction of sp³-hybridized carbons (Fsp3) is 0.367. The van der Waals surface area contributed by atoms with Crippen molar-refractivity contribution in [2.45, 2.75) is 39.0 Å². The first-order valence-corrected chi connectivity index (χ1v) is 18.3. The highest BCUT2D eigenvalue weighted by Crippen LogP contribution is 2.31. The largest absolute Gasteiger partial charge is 0.465 e. The highest BCUT2D eigenvalue weighted by atomic mass is 35.5. The van der Waals surface area contributed by atoms with Gasteiger partial charge in [0, 0.05) is 33.3 Å². The molecule has 9 nitrogen and oxygen atoms in total. The fourth-order valence-corrected chi connectivity index (χ4v) is 5.61. The molecule has 0 saturated carbocycles. The second-order valence-electron chi connectivity index (χ2n) is 11.2. The van der Waals surface area contributed by atoms with Crippen LogP contribution < -0.4 is 0 Å². The van der Waals surface area contributed by atoms with E-state index in [1.54, 1.807) is 0 Å². The van der Waals surface area contributed by atoms with Crippen LogP contribution in [0.2, 0.25) is 30.7 Å². The van der Waals surface area contributed by atoms with E-state index >= 15 is 0 Å². The number of benzene rings is 2. The van der Waals surface area contributed by atoms with Gasteiger partial charge in [0.25, 0.3) is 0 Å². The quantitative estimate of drug-likeness (QED) is 0.0792. The summed E-state index contributed by atoms with van der Waals surface area (Å²) in [4.78, 5) is 20.8. The van der Waals surface area contributed by atoms with E-state index < -0.39 is 14.2 Å². The van der Waals surface area contributed by atoms with E-state index in [0.717, 1.165) is 33.8 Å². The first-order chi connectivity index (χ1) is 20.1. The summed E-state index contributed by atoms with van der Waals surface area (Å²) in [5, 5.41) is 18.8. The van der Waals surface area contributed by atoms with Crippen LogP contribution in [0.15, 0.2) is 54.6 Å². The zero-order valence-electron chi connectivity index (χ0n) is 24.1. The lowest BCUT2D eigenvalue weighted by atomic mass is 10.0. The van der Waals surface area contributed by atoms with Crippen molar-refractivity contribution in [2.75, 3.05) is 33.0 Å². The van der Waals surface area contributed by atoms with Gasteiger partial charge in [-0.15, -0.1) is 0 Å². The van der Waals surface area contributed by atoms with Crippen LogP contribution in [0.1, 0.15) is 5.56 Å². The molecule has 0 atom stereocenters. The molecule has 0 aliphatic rings. The lowest BCUT2D eigenvalue weighted by molar-refractivity contribution is 0.0697. The lowest BCUT2D eigenvalue weighted by Crippen LogP contribution is -2.32. The predicted octanol–water partition coefficient (Wildman–Crippen LogP) is 6.88. The lowest BCUT2D eigenvalue weighted by Gasteiger charge is -2.19. The monoisotopic (exact) mass is 628 g/mol. The third-order valence-corrected chi connectivity index (χ3v) is 9.08. The molecule has 1 amide bonds. The number of fused-ring (bicyclic) bond motifs is 1. The molecule has 0 aliphatic carbocycles. The van der Waals surface area contributed by atoms with Gasteiger partial charge in [-0.3, -0.25) is 4.57 Å². The van der Waals surface area contributed by atoms with E-state index in [1.807, 2.05) is 59.2 Å². The van der Waals surface area contributed by atoms with Crippen LogP contribution >= 0.6 is 23.8 Å². The van der Waals surface area contributed by atoms with Gasteiger partial charge in [-0.05, 0) is 41.0 Å². The summed E-state index contributed by atoms with van der Waals surface area (Å²) in [7, 11) is -1.18. The molecule has 0 aliphatic heterocycles. The summed E-state index contributed by atoms with van der Waals surface area (Å²) >= 11 is 12.2. The summed E-state index contributed by atoms with van der Waals surface area (Å²) in [6.07, 6.45) is -1.02. The van der Waals surface area contributed by atoms with Crippen LogP contribution in [-0.2, 0) is 22.7 Å². The SMILES string of the molecule is C[Si](C)(C)CCOCn1c(=S)[nH]c2nc(-c3ccc(-c4ccc(CN(CCOCCO)C(=O)O)cc4)cc3)c(Cl)cc21. The van der Waals surface area contributed by atoms with Crippen LogP contribution in [0.5, 0.6) is 0 Å². The normalized spacial score (nSPS) is 11.7. The number of pyridine rings is 1. The molecule has 0 radical (unpaired) electrons. The number of carboxylic acid groups (broad SMARTS) is 1. The van der Waals surface area contributed by atoms with Crippen LogP contribution in [0.25, 0.3) is 33.5 Å². The van der Waals surface area contributed by atoms with Crippen LogP contribution in [-0.4, -0.2) is 76.8 Å². The van der Waals surface area contributed by atoms with Crippen molar-refractivity contribution >= 4 is 49.1 Å². The van der Waals surface area contributed by atoms with Crippen LogP contribution in [0, 0.1) is 4.77 Å². The number of amides is 1. The molecule has 42 heavy (non-hydrogen) atoms. The summed E-state index contributed by atoms with van der Waals surface area (Å²) in [6, 6.07) is 18.7. The Labute approximate surface area is 256 Å². The number of nitrogens with one attached hydrogen (secondary N) is 1. The number of ether oxygens (including phenoxy) is 2. The fourth-order valence-electron chi connectivity index (χ4n) is 4.35. The second kappa shape index (κ2) is 14.4. The zero-order valence-corrected chi connectivity index (χ0v) is 26.7. The first kappa shape index (κ1) is 31.9. The van der Waals surface area contributed by atoms with Crippen molar-refractivity contribution in [1.29, 1.82) is 0 Å². The Morgan fingerprint density at radius 2 is 1.67 bits per heavy atom. The van der Waals surface area contributed by atoms with E-state index in [2.05, 4.69) is 24.6 Å². The first-order valence-electron chi connectivity index (χ1n) is 13.8. The van der Waals surface area contributed by atoms with Gasteiger partial charge >= 0.3 is 6.09 Å². The number of imidazole rings is 1. The molecule has 0 bridgehead atoms. The molecule has 3 N–H and O–H groups in total. The average molecular weight is 629 g/mol. The van der Waals surface area contributed by atoms with Gasteiger partial charge < -0.3 is 29.6 Å². The molecule has 0 spiro atoms. The molecule has 2 aromatic carbocycles. The van der Waals surface area contributed by atoms with E-state index in [9.17, 15) is 9.90 Å². The average Bonchev–Trinajstić information content (AvgIpc) is 3.25. The molecule has 0 fully saturated rings. The van der Waals surface area contributed by atoms with Gasteiger partial charge in [0.15, 0.2) is 10.4 Å². The molecule has 4 aromatic rings. The topological polar surface area (TPSA) is 113 Å². The molecule has 0 unspecified atom stereocenters. The van der Waals surface area contributed by atoms with E-state index in [4.69, 9.17) is 43.4 Å². The molecule has 4 rings (SSSR count). The second-order valence-corrected chi connectivity index (χ2v) is 17.6. The van der Waals surface area contributed by atoms with Crippen molar-refractivity contribution < 1.29 is 24.5 Å². The summed E-state index contributed by atoms with van der Waals surface area (Å²) < 4.78 is 13.5. The smallest absolute Gasteiger partial charge is 0.407 e. The minimum absolute atomic E-state index is 0.0914. The Bertz CT molecular complexity index is 1550. The predicted molar refractivity (Wildman–Crippen MR) is 171 cm³/mol. The third-order valence-electron chi connectivity index (χ3n) is 6.76. The highest BCUT2D eigenvalue weighted by Gasteiger charge is 2.16. The van der Waals surface area contributed by atoms with Gasteiger partial charge in [0.2, 0.25) is 0 Å². The van der Waals surface area contributed by atoms with E-state index in [-0.39, 0.29) is 32.9 Å². The number of hydrogen-bond acceptors (Lipinski definition) is 6. The Morgan fingerprint density at radius 1 is 1.02 bits per heavy atom. The standard InChI is InChI=1S/C30H37ClN4O5SSi/c1-42(2,3)17-16-40-20-35-26-18-25(31)27(32-28(26)33-29(35)41)24-10-8-23(9-11-24)22-6-4-21(5-7-22)19-34(30(37)38)12-14-39-15-13-36/h4-11,18,36H,12-17,19-20H2,1-3H3,(H,37,38)(H,32,33,41). The minimum atomic E-state index is -1.18. The molecular formula is C30H37ClN4O5SSi. The maximum Gasteiger partial charge on any atom is 0.407 e. The number of hydrogen-bond donors (Lipinski definition) is 3. The number of H-pyrrole nitrogens is 1. The number of carbonyl (C=O) groups is 1. The molecule has 224 valence electrons. The molecular weight excluding hydrogens is 592 g/mol. The number of aliphatic hydroxyl groups excluding tert-OH is 1. The van der Waals surface area contributed by atoms with Gasteiger partial charge in [0.1, 0.15) is 6.73 Å². The maximum absolute atomic E-state index is 11.6. The summed E-state index contributed by atoms with van der Waals surface area (Å²) in [5.74, 6) is 0.